The Morgan fingerprint density at radius 1 is 0.469 bits per heavy atom. The Bertz CT molecular complexity index is 2770. The third kappa shape index (κ3) is 4.24. The molecule has 0 atom stereocenters. The highest BCUT2D eigenvalue weighted by molar-refractivity contribution is 7.26. The highest BCUT2D eigenvalue weighted by Gasteiger charge is 2.36. The number of hydrogen-bond acceptors (Lipinski definition) is 2. The second-order valence-electron chi connectivity index (χ2n) is 13.7. The summed E-state index contributed by atoms with van der Waals surface area (Å²) in [4.78, 5) is 2.54. The number of thiophene rings is 1. The van der Waals surface area contributed by atoms with Gasteiger partial charge in [0.15, 0.2) is 0 Å². The van der Waals surface area contributed by atoms with Gasteiger partial charge in [-0.05, 0) is 85.8 Å². The van der Waals surface area contributed by atoms with Gasteiger partial charge in [-0.25, -0.2) is 0 Å². The summed E-state index contributed by atoms with van der Waals surface area (Å²) in [5.74, 6) is 0. The fraction of sp³-hybridized carbons (Fsp3) is 0.0638. The van der Waals surface area contributed by atoms with Gasteiger partial charge in [-0.1, -0.05) is 141 Å². The van der Waals surface area contributed by atoms with Gasteiger partial charge in [-0.3, -0.25) is 0 Å². The van der Waals surface area contributed by atoms with E-state index in [-0.39, 0.29) is 5.41 Å². The van der Waals surface area contributed by atoms with E-state index in [4.69, 9.17) is 0 Å². The van der Waals surface area contributed by atoms with E-state index in [9.17, 15) is 0 Å². The predicted molar refractivity (Wildman–Crippen MR) is 212 cm³/mol. The van der Waals surface area contributed by atoms with E-state index in [1.807, 2.05) is 11.3 Å². The fourth-order valence-electron chi connectivity index (χ4n) is 8.22. The molecule has 0 saturated carbocycles. The van der Waals surface area contributed by atoms with Crippen LogP contribution in [0.1, 0.15) is 25.0 Å². The molecule has 1 aliphatic rings. The zero-order valence-corrected chi connectivity index (χ0v) is 28.3. The second-order valence-corrected chi connectivity index (χ2v) is 14.8. The standard InChI is InChI=1S/C47H33NS/c1-47(2)40-20-10-7-18-37(40)38-26-25-34(29-41(38)47)48(42-21-11-8-16-35(42)33-24-23-30-13-3-4-14-31(30)27-33)43-28-32-15-5-6-17-36(32)46-45(43)39-19-9-12-22-44(39)49-46/h3-29H,1-2H3. The summed E-state index contributed by atoms with van der Waals surface area (Å²) in [5.41, 5.74) is 11.3. The topological polar surface area (TPSA) is 3.24 Å². The van der Waals surface area contributed by atoms with Crippen LogP contribution in [-0.4, -0.2) is 0 Å². The molecule has 1 aliphatic carbocycles. The zero-order valence-electron chi connectivity index (χ0n) is 27.4. The minimum atomic E-state index is -0.112. The lowest BCUT2D eigenvalue weighted by atomic mass is 9.82. The SMILES string of the molecule is CC1(C)c2ccccc2-c2ccc(N(c3ccccc3-c3ccc4ccccc4c3)c3cc4ccccc4c4sc5ccccc5c34)cc21. The molecule has 9 aromatic rings. The van der Waals surface area contributed by atoms with Crippen LogP contribution in [0.2, 0.25) is 0 Å². The Balaban J connectivity index is 1.31. The summed E-state index contributed by atoms with van der Waals surface area (Å²) in [6.07, 6.45) is 0. The van der Waals surface area contributed by atoms with Crippen LogP contribution in [0.4, 0.5) is 17.1 Å². The summed E-state index contributed by atoms with van der Waals surface area (Å²) in [6.45, 7) is 4.74. The molecule has 0 amide bonds. The van der Waals surface area contributed by atoms with Gasteiger partial charge in [-0.15, -0.1) is 11.3 Å². The summed E-state index contributed by atoms with van der Waals surface area (Å²) in [6, 6.07) is 60.7. The van der Waals surface area contributed by atoms with Crippen molar-refractivity contribution in [3.63, 3.8) is 0 Å². The first-order chi connectivity index (χ1) is 24.1. The van der Waals surface area contributed by atoms with Crippen LogP contribution in [0.25, 0.3) is 64.0 Å². The first kappa shape index (κ1) is 28.3. The summed E-state index contributed by atoms with van der Waals surface area (Å²) in [7, 11) is 0. The van der Waals surface area contributed by atoms with Gasteiger partial charge < -0.3 is 4.90 Å². The van der Waals surface area contributed by atoms with E-state index in [1.165, 1.54) is 86.5 Å². The molecule has 2 heteroatoms. The largest absolute Gasteiger partial charge is 0.309 e. The van der Waals surface area contributed by atoms with Crippen LogP contribution in [0, 0.1) is 0 Å². The molecule has 0 N–H and O–H groups in total. The number of anilines is 3. The van der Waals surface area contributed by atoms with E-state index in [1.54, 1.807) is 0 Å². The Labute approximate surface area is 290 Å². The maximum absolute atomic E-state index is 2.54. The number of fused-ring (bicyclic) bond motifs is 9. The minimum Gasteiger partial charge on any atom is -0.309 e. The summed E-state index contributed by atoms with van der Waals surface area (Å²) in [5, 5.41) is 7.65. The first-order valence-corrected chi connectivity index (χ1v) is 17.8. The Hall–Kier alpha value is -5.70. The van der Waals surface area contributed by atoms with Gasteiger partial charge in [0.1, 0.15) is 0 Å². The monoisotopic (exact) mass is 643 g/mol. The van der Waals surface area contributed by atoms with Crippen molar-refractivity contribution in [2.24, 2.45) is 0 Å². The van der Waals surface area contributed by atoms with Crippen molar-refractivity contribution >= 4 is 70.1 Å². The molecule has 0 saturated heterocycles. The molecule has 0 radical (unpaired) electrons. The molecule has 0 aliphatic heterocycles. The Morgan fingerprint density at radius 2 is 1.14 bits per heavy atom. The molecule has 0 spiro atoms. The van der Waals surface area contributed by atoms with Crippen molar-refractivity contribution in [2.45, 2.75) is 19.3 Å². The number of para-hydroxylation sites is 1. The van der Waals surface area contributed by atoms with Crippen molar-refractivity contribution < 1.29 is 0 Å². The van der Waals surface area contributed by atoms with Crippen molar-refractivity contribution in [1.29, 1.82) is 0 Å². The lowest BCUT2D eigenvalue weighted by Gasteiger charge is -2.31. The molecule has 232 valence electrons. The lowest BCUT2D eigenvalue weighted by molar-refractivity contribution is 0.660. The van der Waals surface area contributed by atoms with Crippen LogP contribution in [-0.2, 0) is 5.41 Å². The molecule has 8 aromatic carbocycles. The van der Waals surface area contributed by atoms with Gasteiger partial charge >= 0.3 is 0 Å². The minimum absolute atomic E-state index is 0.112. The van der Waals surface area contributed by atoms with Gasteiger partial charge in [-0.2, -0.15) is 0 Å². The average molecular weight is 644 g/mol. The molecule has 0 unspecified atom stereocenters. The zero-order chi connectivity index (χ0) is 32.7. The number of nitrogens with zero attached hydrogens (tertiary/aromatic N) is 1. The Morgan fingerprint density at radius 3 is 2.02 bits per heavy atom. The van der Waals surface area contributed by atoms with Gasteiger partial charge in [0.05, 0.1) is 11.4 Å². The van der Waals surface area contributed by atoms with E-state index in [2.05, 4.69) is 183 Å². The van der Waals surface area contributed by atoms with E-state index in [0.29, 0.717) is 0 Å². The van der Waals surface area contributed by atoms with Crippen LogP contribution >= 0.6 is 11.3 Å². The highest BCUT2D eigenvalue weighted by Crippen LogP contribution is 2.53. The number of rotatable bonds is 4. The summed E-state index contributed by atoms with van der Waals surface area (Å²) < 4.78 is 2.64. The van der Waals surface area contributed by atoms with Crippen LogP contribution in [0.3, 0.4) is 0 Å². The smallest absolute Gasteiger partial charge is 0.0561 e. The molecular weight excluding hydrogens is 611 g/mol. The van der Waals surface area contributed by atoms with E-state index < -0.39 is 0 Å². The predicted octanol–water partition coefficient (Wildman–Crippen LogP) is 13.8. The van der Waals surface area contributed by atoms with Crippen LogP contribution in [0.15, 0.2) is 164 Å². The molecule has 1 aromatic heterocycles. The average Bonchev–Trinajstić information content (AvgIpc) is 3.65. The van der Waals surface area contributed by atoms with Crippen LogP contribution in [0.5, 0.6) is 0 Å². The van der Waals surface area contributed by atoms with Gasteiger partial charge in [0.2, 0.25) is 0 Å². The van der Waals surface area contributed by atoms with Crippen molar-refractivity contribution in [3.05, 3.63) is 175 Å². The molecule has 0 bridgehead atoms. The molecular formula is C47H33NS. The van der Waals surface area contributed by atoms with E-state index >= 15 is 0 Å². The normalized spacial score (nSPS) is 13.3. The molecule has 1 nitrogen and oxygen atoms in total. The van der Waals surface area contributed by atoms with Crippen molar-refractivity contribution in [2.75, 3.05) is 4.90 Å². The van der Waals surface area contributed by atoms with Crippen molar-refractivity contribution in [1.82, 2.24) is 0 Å². The number of hydrogen-bond donors (Lipinski definition) is 0. The second kappa shape index (κ2) is 10.7. The fourth-order valence-corrected chi connectivity index (χ4v) is 9.48. The van der Waals surface area contributed by atoms with E-state index in [0.717, 1.165) is 5.69 Å². The van der Waals surface area contributed by atoms with Gasteiger partial charge in [0.25, 0.3) is 0 Å². The maximum Gasteiger partial charge on any atom is 0.0561 e. The first-order valence-electron chi connectivity index (χ1n) is 17.0. The summed E-state index contributed by atoms with van der Waals surface area (Å²) >= 11 is 1.90. The highest BCUT2D eigenvalue weighted by atomic mass is 32.1. The van der Waals surface area contributed by atoms with Gasteiger partial charge in [0, 0.05) is 36.8 Å². The number of benzene rings is 8. The lowest BCUT2D eigenvalue weighted by Crippen LogP contribution is -2.17. The maximum atomic E-state index is 2.54. The Kier molecular flexibility index (Phi) is 6.16. The molecule has 10 rings (SSSR count). The quantitative estimate of drug-likeness (QED) is 0.184. The van der Waals surface area contributed by atoms with Crippen molar-refractivity contribution in [3.8, 4) is 22.3 Å². The molecule has 49 heavy (non-hydrogen) atoms. The van der Waals surface area contributed by atoms with Crippen LogP contribution < -0.4 is 4.90 Å². The third-order valence-electron chi connectivity index (χ3n) is 10.6. The molecule has 1 heterocycles. The third-order valence-corrected chi connectivity index (χ3v) is 11.8. The molecule has 0 fully saturated rings.